The summed E-state index contributed by atoms with van der Waals surface area (Å²) >= 11 is 0. The molecule has 5 rings (SSSR count). The van der Waals surface area contributed by atoms with Gasteiger partial charge in [-0.05, 0) is 101 Å². The summed E-state index contributed by atoms with van der Waals surface area (Å²) in [6, 6.07) is 3.63. The lowest BCUT2D eigenvalue weighted by atomic mass is 9.46. The van der Waals surface area contributed by atoms with Crippen LogP contribution in [0.4, 0.5) is 26.3 Å². The molecule has 4 aliphatic rings. The maximum absolute atomic E-state index is 13.7. The lowest BCUT2D eigenvalue weighted by Crippen LogP contribution is -2.58. The van der Waals surface area contributed by atoms with E-state index in [-0.39, 0.29) is 17.3 Å². The van der Waals surface area contributed by atoms with Gasteiger partial charge in [0, 0.05) is 11.0 Å². The second-order valence-corrected chi connectivity index (χ2v) is 13.4. The van der Waals surface area contributed by atoms with Crippen LogP contribution in [0.3, 0.4) is 0 Å². The molecule has 9 heteroatoms. The van der Waals surface area contributed by atoms with Crippen molar-refractivity contribution in [2.45, 2.75) is 115 Å². The van der Waals surface area contributed by atoms with Crippen molar-refractivity contribution in [2.24, 2.45) is 28.6 Å². The minimum absolute atomic E-state index is 0.0265. The van der Waals surface area contributed by atoms with E-state index in [1.807, 2.05) is 27.7 Å². The fraction of sp³-hybridized carbons (Fsp3) is 0.767. The highest BCUT2D eigenvalue weighted by Gasteiger charge is 2.71. The van der Waals surface area contributed by atoms with Crippen LogP contribution in [0, 0.1) is 28.6 Å². The largest absolute Gasteiger partial charge is 0.459 e. The van der Waals surface area contributed by atoms with Gasteiger partial charge in [-0.3, -0.25) is 4.79 Å². The third-order valence-corrected chi connectivity index (χ3v) is 10.4. The molecule has 220 valence electrons. The maximum atomic E-state index is 13.7. The third kappa shape index (κ3) is 5.10. The molecule has 4 fully saturated rings. The number of ether oxygens (including phenoxy) is 1. The van der Waals surface area contributed by atoms with Gasteiger partial charge in [0.15, 0.2) is 0 Å². The molecule has 2 unspecified atom stereocenters. The van der Waals surface area contributed by atoms with Crippen molar-refractivity contribution in [3.63, 3.8) is 0 Å². The molecule has 1 aromatic carbocycles. The van der Waals surface area contributed by atoms with Crippen LogP contribution in [0.2, 0.25) is 0 Å². The standard InChI is InChI=1S/C30H40F6O3/c1-6-26(5,24(37)39-25(3,4)27-15-19-11-20(16-27)13-21(12-19)17-27)14-18(2)22-7-9-23(10-8-22)28(38,29(31,32)33)30(34,35)36/h7-10,18-21,38H,6,11-17H2,1-5H3. The van der Waals surface area contributed by atoms with Crippen LogP contribution in [0.15, 0.2) is 24.3 Å². The monoisotopic (exact) mass is 562 g/mol. The van der Waals surface area contributed by atoms with Crippen LogP contribution < -0.4 is 0 Å². The molecule has 0 aliphatic heterocycles. The molecule has 4 aliphatic carbocycles. The Morgan fingerprint density at radius 2 is 1.36 bits per heavy atom. The predicted octanol–water partition coefficient (Wildman–Crippen LogP) is 8.45. The molecule has 4 saturated carbocycles. The van der Waals surface area contributed by atoms with E-state index < -0.39 is 34.5 Å². The van der Waals surface area contributed by atoms with Gasteiger partial charge in [0.05, 0.1) is 5.41 Å². The summed E-state index contributed by atoms with van der Waals surface area (Å²) in [6.07, 6.45) is -4.05. The van der Waals surface area contributed by atoms with Crippen LogP contribution in [0.25, 0.3) is 0 Å². The number of halogens is 6. The molecule has 0 radical (unpaired) electrons. The molecule has 0 saturated heterocycles. The molecule has 1 N–H and O–H groups in total. The van der Waals surface area contributed by atoms with Crippen LogP contribution in [0.1, 0.15) is 103 Å². The predicted molar refractivity (Wildman–Crippen MR) is 135 cm³/mol. The van der Waals surface area contributed by atoms with Crippen molar-refractivity contribution >= 4 is 5.97 Å². The van der Waals surface area contributed by atoms with Crippen molar-refractivity contribution < 1.29 is 41.0 Å². The van der Waals surface area contributed by atoms with Gasteiger partial charge in [0.2, 0.25) is 0 Å². The molecular formula is C30H40F6O3. The third-order valence-electron chi connectivity index (χ3n) is 10.4. The zero-order chi connectivity index (χ0) is 29.2. The highest BCUT2D eigenvalue weighted by atomic mass is 19.4. The molecule has 0 amide bonds. The van der Waals surface area contributed by atoms with Gasteiger partial charge in [-0.25, -0.2) is 0 Å². The topological polar surface area (TPSA) is 46.5 Å². The normalized spacial score (nSPS) is 29.7. The molecule has 39 heavy (non-hydrogen) atoms. The van der Waals surface area contributed by atoms with Gasteiger partial charge in [-0.2, -0.15) is 26.3 Å². The molecule has 4 bridgehead atoms. The Morgan fingerprint density at radius 1 is 0.923 bits per heavy atom. The number of esters is 1. The number of alkyl halides is 6. The second-order valence-electron chi connectivity index (χ2n) is 13.4. The highest BCUT2D eigenvalue weighted by Crippen LogP contribution is 2.64. The molecule has 3 nitrogen and oxygen atoms in total. The van der Waals surface area contributed by atoms with E-state index in [1.165, 1.54) is 19.3 Å². The lowest BCUT2D eigenvalue weighted by Gasteiger charge is -2.61. The lowest BCUT2D eigenvalue weighted by molar-refractivity contribution is -0.376. The van der Waals surface area contributed by atoms with E-state index in [1.54, 1.807) is 6.92 Å². The fourth-order valence-corrected chi connectivity index (χ4v) is 8.02. The molecular weight excluding hydrogens is 522 g/mol. The number of hydrogen-bond acceptors (Lipinski definition) is 3. The average molecular weight is 563 g/mol. The van der Waals surface area contributed by atoms with E-state index >= 15 is 0 Å². The molecule has 2 atom stereocenters. The Hall–Kier alpha value is -1.77. The molecule has 0 heterocycles. The van der Waals surface area contributed by atoms with Gasteiger partial charge in [-0.1, -0.05) is 38.1 Å². The Bertz CT molecular complexity index is 1010. The zero-order valence-electron chi connectivity index (χ0n) is 23.3. The summed E-state index contributed by atoms with van der Waals surface area (Å²) in [5, 5.41) is 9.67. The van der Waals surface area contributed by atoms with Gasteiger partial charge >= 0.3 is 18.3 Å². The zero-order valence-corrected chi connectivity index (χ0v) is 23.3. The Labute approximate surface area is 226 Å². The molecule has 0 spiro atoms. The second kappa shape index (κ2) is 9.66. The van der Waals surface area contributed by atoms with Crippen molar-refractivity contribution in [3.05, 3.63) is 35.4 Å². The quantitative estimate of drug-likeness (QED) is 0.255. The van der Waals surface area contributed by atoms with Gasteiger partial charge in [-0.15, -0.1) is 0 Å². The maximum Gasteiger partial charge on any atom is 0.430 e. The number of benzene rings is 1. The average Bonchev–Trinajstić information content (AvgIpc) is 2.80. The van der Waals surface area contributed by atoms with Gasteiger partial charge in [0.1, 0.15) is 5.60 Å². The van der Waals surface area contributed by atoms with Crippen molar-refractivity contribution in [3.8, 4) is 0 Å². The summed E-state index contributed by atoms with van der Waals surface area (Å²) in [6.45, 7) is 9.52. The van der Waals surface area contributed by atoms with Crippen LogP contribution in [-0.2, 0) is 15.1 Å². The smallest absolute Gasteiger partial charge is 0.430 e. The van der Waals surface area contributed by atoms with Gasteiger partial charge < -0.3 is 9.84 Å². The van der Waals surface area contributed by atoms with E-state index in [4.69, 9.17) is 4.74 Å². The molecule has 1 aromatic rings. The summed E-state index contributed by atoms with van der Waals surface area (Å²) in [5.74, 6) is 1.41. The van der Waals surface area contributed by atoms with Crippen LogP contribution in [0.5, 0.6) is 0 Å². The Balaban J connectivity index is 1.49. The van der Waals surface area contributed by atoms with Crippen LogP contribution >= 0.6 is 0 Å². The van der Waals surface area contributed by atoms with Gasteiger partial charge in [0.25, 0.3) is 5.60 Å². The Kier molecular flexibility index (Phi) is 7.48. The summed E-state index contributed by atoms with van der Waals surface area (Å²) < 4.78 is 85.8. The van der Waals surface area contributed by atoms with E-state index in [0.29, 0.717) is 48.3 Å². The first-order valence-corrected chi connectivity index (χ1v) is 14.0. The molecule has 0 aromatic heterocycles. The minimum Gasteiger partial charge on any atom is -0.459 e. The number of rotatable bonds is 8. The van der Waals surface area contributed by atoms with E-state index in [0.717, 1.165) is 31.4 Å². The Morgan fingerprint density at radius 3 is 1.74 bits per heavy atom. The minimum atomic E-state index is -5.94. The first kappa shape index (κ1) is 30.2. The summed E-state index contributed by atoms with van der Waals surface area (Å²) in [7, 11) is 0. The number of aliphatic hydroxyl groups is 1. The van der Waals surface area contributed by atoms with Crippen molar-refractivity contribution in [1.82, 2.24) is 0 Å². The van der Waals surface area contributed by atoms with E-state index in [2.05, 4.69) is 0 Å². The first-order valence-electron chi connectivity index (χ1n) is 14.0. The van der Waals surface area contributed by atoms with Crippen molar-refractivity contribution in [2.75, 3.05) is 0 Å². The SMILES string of the molecule is CCC(C)(CC(C)c1ccc(C(O)(C(F)(F)F)C(F)(F)F)cc1)C(=O)OC(C)(C)C12CC3CC(CC(C3)C1)C2. The van der Waals surface area contributed by atoms with E-state index in [9.17, 15) is 36.2 Å². The summed E-state index contributed by atoms with van der Waals surface area (Å²) in [5.41, 5.74) is -7.35. The number of carbonyl (C=O) groups is 1. The highest BCUT2D eigenvalue weighted by molar-refractivity contribution is 5.77. The number of hydrogen-bond donors (Lipinski definition) is 1. The van der Waals surface area contributed by atoms with Crippen molar-refractivity contribution in [1.29, 1.82) is 0 Å². The summed E-state index contributed by atoms with van der Waals surface area (Å²) in [4.78, 5) is 13.7. The first-order chi connectivity index (χ1) is 17.8. The number of carbonyl (C=O) groups excluding carboxylic acids is 1. The van der Waals surface area contributed by atoms with Crippen LogP contribution in [-0.4, -0.2) is 29.0 Å². The fourth-order valence-electron chi connectivity index (χ4n) is 8.02.